The molecule has 0 atom stereocenters. The smallest absolute Gasteiger partial charge is 0.164 e. The van der Waals surface area contributed by atoms with Crippen molar-refractivity contribution in [1.29, 1.82) is 0 Å². The first-order valence-electron chi connectivity index (χ1n) is 19.0. The van der Waals surface area contributed by atoms with Gasteiger partial charge < -0.3 is 0 Å². The van der Waals surface area contributed by atoms with Crippen LogP contribution in [0.1, 0.15) is 0 Å². The molecule has 0 unspecified atom stereocenters. The summed E-state index contributed by atoms with van der Waals surface area (Å²) in [5, 5.41) is 6.19. The van der Waals surface area contributed by atoms with E-state index < -0.39 is 0 Å². The molecule has 0 amide bonds. The average Bonchev–Trinajstić information content (AvgIpc) is 3.68. The van der Waals surface area contributed by atoms with Crippen molar-refractivity contribution in [2.45, 2.75) is 0 Å². The number of aromatic nitrogens is 4. The number of rotatable bonds is 6. The molecule has 8 aromatic carbocycles. The molecule has 5 heteroatoms. The molecule has 0 spiro atoms. The summed E-state index contributed by atoms with van der Waals surface area (Å²) in [6.07, 6.45) is 0. The second kappa shape index (κ2) is 13.7. The van der Waals surface area contributed by atoms with Gasteiger partial charge in [-0.1, -0.05) is 170 Å². The minimum absolute atomic E-state index is 0.646. The maximum Gasteiger partial charge on any atom is 0.164 e. The lowest BCUT2D eigenvalue weighted by Crippen LogP contribution is -2.00. The molecule has 3 aromatic heterocycles. The Kier molecular flexibility index (Phi) is 7.97. The van der Waals surface area contributed by atoms with Crippen molar-refractivity contribution in [1.82, 2.24) is 19.9 Å². The maximum atomic E-state index is 5.17. The Hall–Kier alpha value is -7.34. The second-order valence-electron chi connectivity index (χ2n) is 14.2. The molecular formula is C52H32N4S. The van der Waals surface area contributed by atoms with E-state index in [1.165, 1.54) is 47.5 Å². The fraction of sp³-hybridized carbons (Fsp3) is 0. The molecule has 11 aromatic rings. The van der Waals surface area contributed by atoms with E-state index in [2.05, 4.69) is 133 Å². The van der Waals surface area contributed by atoms with Crippen molar-refractivity contribution >= 4 is 53.2 Å². The highest BCUT2D eigenvalue weighted by Gasteiger charge is 2.17. The van der Waals surface area contributed by atoms with Crippen LogP contribution in [0, 0.1) is 0 Å². The molecule has 0 bridgehead atoms. The Labute approximate surface area is 333 Å². The molecular weight excluding hydrogens is 713 g/mol. The van der Waals surface area contributed by atoms with Gasteiger partial charge in [0.05, 0.1) is 11.2 Å². The van der Waals surface area contributed by atoms with E-state index in [4.69, 9.17) is 19.9 Å². The Bertz CT molecular complexity index is 3210. The van der Waals surface area contributed by atoms with Crippen molar-refractivity contribution in [3.05, 3.63) is 194 Å². The highest BCUT2D eigenvalue weighted by atomic mass is 32.1. The molecule has 0 N–H and O–H groups in total. The predicted octanol–water partition coefficient (Wildman–Crippen LogP) is 13.9. The summed E-state index contributed by atoms with van der Waals surface area (Å²) in [5.74, 6) is 1.96. The molecule has 0 fully saturated rings. The van der Waals surface area contributed by atoms with Crippen molar-refractivity contribution in [2.75, 3.05) is 0 Å². The molecule has 4 nitrogen and oxygen atoms in total. The van der Waals surface area contributed by atoms with E-state index >= 15 is 0 Å². The summed E-state index contributed by atoms with van der Waals surface area (Å²) in [7, 11) is 0. The molecule has 0 radical (unpaired) electrons. The zero-order chi connectivity index (χ0) is 37.7. The Morgan fingerprint density at radius 2 is 0.789 bits per heavy atom. The van der Waals surface area contributed by atoms with Crippen LogP contribution in [0.3, 0.4) is 0 Å². The van der Waals surface area contributed by atoms with Crippen LogP contribution in [-0.4, -0.2) is 19.9 Å². The molecule has 0 aliphatic heterocycles. The Balaban J connectivity index is 0.966. The molecule has 3 heterocycles. The number of benzene rings is 8. The molecule has 57 heavy (non-hydrogen) atoms. The van der Waals surface area contributed by atoms with Gasteiger partial charge in [0.15, 0.2) is 17.5 Å². The summed E-state index contributed by atoms with van der Waals surface area (Å²) in [5.41, 5.74) is 10.7. The summed E-state index contributed by atoms with van der Waals surface area (Å²) >= 11 is 1.87. The van der Waals surface area contributed by atoms with Gasteiger partial charge in [0.25, 0.3) is 0 Å². The van der Waals surface area contributed by atoms with Crippen LogP contribution < -0.4 is 0 Å². The summed E-state index contributed by atoms with van der Waals surface area (Å²) in [4.78, 5) is 19.9. The third kappa shape index (κ3) is 5.93. The third-order valence-electron chi connectivity index (χ3n) is 10.7. The van der Waals surface area contributed by atoms with Crippen LogP contribution in [0.25, 0.3) is 110 Å². The lowest BCUT2D eigenvalue weighted by atomic mass is 9.96. The highest BCUT2D eigenvalue weighted by molar-refractivity contribution is 7.26. The van der Waals surface area contributed by atoms with E-state index in [1.807, 2.05) is 72.0 Å². The number of hydrogen-bond donors (Lipinski definition) is 0. The minimum Gasteiger partial charge on any atom is -0.247 e. The number of fused-ring (bicyclic) bond motifs is 7. The standard InChI is InChI=1S/C52H32N4S/c1-4-13-34(14-5-1)48-43-29-28-41-44-32-40(27-30-46(44)57-49(41)47(43)42-21-10-11-22-45(42)53-48)39-20-12-19-38(31-39)33-23-25-37(26-24-33)52-55-50(35-15-6-2-7-16-35)54-51(56-52)36-17-8-3-9-18-36/h1-32H. The normalized spacial score (nSPS) is 11.5. The lowest BCUT2D eigenvalue weighted by Gasteiger charge is -2.11. The van der Waals surface area contributed by atoms with Gasteiger partial charge in [0.1, 0.15) is 0 Å². The Morgan fingerprint density at radius 3 is 1.46 bits per heavy atom. The SMILES string of the molecule is c1ccc(-c2nc(-c3ccccc3)nc(-c3ccc(-c4cccc(-c5ccc6sc7c(ccc8c(-c9ccccc9)nc9ccccc9c87)c6c5)c4)cc3)n2)cc1. The van der Waals surface area contributed by atoms with Gasteiger partial charge >= 0.3 is 0 Å². The van der Waals surface area contributed by atoms with Crippen LogP contribution in [0.5, 0.6) is 0 Å². The van der Waals surface area contributed by atoms with Gasteiger partial charge in [-0.05, 0) is 46.5 Å². The minimum atomic E-state index is 0.646. The topological polar surface area (TPSA) is 51.6 Å². The third-order valence-corrected chi connectivity index (χ3v) is 11.9. The maximum absolute atomic E-state index is 5.17. The van der Waals surface area contributed by atoms with Crippen molar-refractivity contribution in [2.24, 2.45) is 0 Å². The molecule has 0 aliphatic carbocycles. The molecule has 11 rings (SSSR count). The molecule has 0 aliphatic rings. The van der Waals surface area contributed by atoms with Gasteiger partial charge in [-0.3, -0.25) is 0 Å². The number of para-hydroxylation sites is 1. The van der Waals surface area contributed by atoms with E-state index in [-0.39, 0.29) is 0 Å². The monoisotopic (exact) mass is 744 g/mol. The zero-order valence-electron chi connectivity index (χ0n) is 30.7. The fourth-order valence-electron chi connectivity index (χ4n) is 7.89. The molecule has 0 saturated carbocycles. The first-order chi connectivity index (χ1) is 28.2. The van der Waals surface area contributed by atoms with Gasteiger partial charge in [0.2, 0.25) is 0 Å². The average molecular weight is 745 g/mol. The van der Waals surface area contributed by atoms with E-state index in [0.717, 1.165) is 44.6 Å². The van der Waals surface area contributed by atoms with Crippen LogP contribution in [0.2, 0.25) is 0 Å². The Morgan fingerprint density at radius 1 is 0.298 bits per heavy atom. The largest absolute Gasteiger partial charge is 0.247 e. The van der Waals surface area contributed by atoms with Crippen LogP contribution >= 0.6 is 11.3 Å². The van der Waals surface area contributed by atoms with Crippen molar-refractivity contribution in [3.8, 4) is 67.7 Å². The van der Waals surface area contributed by atoms with E-state index in [1.54, 1.807) is 0 Å². The van der Waals surface area contributed by atoms with Gasteiger partial charge in [0, 0.05) is 58.6 Å². The van der Waals surface area contributed by atoms with Gasteiger partial charge in [-0.2, -0.15) is 0 Å². The second-order valence-corrected chi connectivity index (χ2v) is 15.3. The fourth-order valence-corrected chi connectivity index (χ4v) is 9.14. The summed E-state index contributed by atoms with van der Waals surface area (Å²) in [6, 6.07) is 68.0. The van der Waals surface area contributed by atoms with E-state index in [9.17, 15) is 0 Å². The highest BCUT2D eigenvalue weighted by Crippen LogP contribution is 2.44. The first kappa shape index (κ1) is 33.0. The quantitative estimate of drug-likeness (QED) is 0.159. The van der Waals surface area contributed by atoms with Crippen LogP contribution in [0.4, 0.5) is 0 Å². The van der Waals surface area contributed by atoms with Crippen molar-refractivity contribution < 1.29 is 0 Å². The van der Waals surface area contributed by atoms with Gasteiger partial charge in [-0.25, -0.2) is 19.9 Å². The summed E-state index contributed by atoms with van der Waals surface area (Å²) < 4.78 is 2.58. The van der Waals surface area contributed by atoms with E-state index in [0.29, 0.717) is 17.5 Å². The summed E-state index contributed by atoms with van der Waals surface area (Å²) in [6.45, 7) is 0. The van der Waals surface area contributed by atoms with Gasteiger partial charge in [-0.15, -0.1) is 11.3 Å². The number of thiophene rings is 1. The van der Waals surface area contributed by atoms with Crippen LogP contribution in [-0.2, 0) is 0 Å². The van der Waals surface area contributed by atoms with Crippen LogP contribution in [0.15, 0.2) is 194 Å². The number of pyridine rings is 1. The zero-order valence-corrected chi connectivity index (χ0v) is 31.5. The molecule has 266 valence electrons. The van der Waals surface area contributed by atoms with Crippen molar-refractivity contribution in [3.63, 3.8) is 0 Å². The number of nitrogens with zero attached hydrogens (tertiary/aromatic N) is 4. The number of hydrogen-bond acceptors (Lipinski definition) is 5. The first-order valence-corrected chi connectivity index (χ1v) is 19.9. The lowest BCUT2D eigenvalue weighted by molar-refractivity contribution is 1.07. The molecule has 0 saturated heterocycles. The predicted molar refractivity (Wildman–Crippen MR) is 238 cm³/mol.